The van der Waals surface area contributed by atoms with E-state index < -0.39 is 11.8 Å². The van der Waals surface area contributed by atoms with Crippen LogP contribution in [0.5, 0.6) is 0 Å². The lowest BCUT2D eigenvalue weighted by Crippen LogP contribution is -2.61. The van der Waals surface area contributed by atoms with Crippen LogP contribution >= 0.6 is 11.6 Å². The van der Waals surface area contributed by atoms with Gasteiger partial charge in [0.2, 0.25) is 0 Å². The SMILES string of the molecule is CC(C)(C)C1CN(c2ccc(Cl)c(F)c2)CCN1C(N)=O. The molecule has 1 aromatic rings. The molecule has 0 aliphatic carbocycles. The fourth-order valence-corrected chi connectivity index (χ4v) is 2.82. The average Bonchev–Trinajstić information content (AvgIpc) is 2.40. The fraction of sp³-hybridized carbons (Fsp3) is 0.533. The predicted octanol–water partition coefficient (Wildman–Crippen LogP) is 3.09. The molecular formula is C15H21ClFN3O. The van der Waals surface area contributed by atoms with Crippen molar-refractivity contribution in [3.63, 3.8) is 0 Å². The molecule has 116 valence electrons. The quantitative estimate of drug-likeness (QED) is 0.866. The second-order valence-corrected chi connectivity index (χ2v) is 6.87. The van der Waals surface area contributed by atoms with Gasteiger partial charge in [-0.2, -0.15) is 0 Å². The zero-order valence-electron chi connectivity index (χ0n) is 12.6. The highest BCUT2D eigenvalue weighted by Gasteiger charge is 2.37. The number of carbonyl (C=O) groups is 1. The van der Waals surface area contributed by atoms with Crippen LogP contribution in [0.2, 0.25) is 5.02 Å². The molecule has 2 N–H and O–H groups in total. The van der Waals surface area contributed by atoms with E-state index in [-0.39, 0.29) is 16.5 Å². The Morgan fingerprint density at radius 3 is 2.57 bits per heavy atom. The molecule has 21 heavy (non-hydrogen) atoms. The number of rotatable bonds is 1. The Morgan fingerprint density at radius 1 is 1.38 bits per heavy atom. The first-order chi connectivity index (χ1) is 9.70. The van der Waals surface area contributed by atoms with Crippen LogP contribution in [0.1, 0.15) is 20.8 Å². The van der Waals surface area contributed by atoms with Gasteiger partial charge in [0.25, 0.3) is 0 Å². The molecule has 1 fully saturated rings. The molecule has 1 unspecified atom stereocenters. The summed E-state index contributed by atoms with van der Waals surface area (Å²) in [7, 11) is 0. The molecule has 0 radical (unpaired) electrons. The van der Waals surface area contributed by atoms with E-state index in [1.54, 1.807) is 17.0 Å². The third-order valence-electron chi connectivity index (χ3n) is 3.93. The molecule has 1 aliphatic heterocycles. The Hall–Kier alpha value is -1.49. The van der Waals surface area contributed by atoms with Crippen molar-refractivity contribution in [2.75, 3.05) is 24.5 Å². The number of nitrogens with two attached hydrogens (primary N) is 1. The van der Waals surface area contributed by atoms with E-state index in [0.29, 0.717) is 19.6 Å². The van der Waals surface area contributed by atoms with Crippen LogP contribution in [-0.4, -0.2) is 36.6 Å². The number of urea groups is 1. The smallest absolute Gasteiger partial charge is 0.315 e. The largest absolute Gasteiger partial charge is 0.368 e. The normalized spacial score (nSPS) is 19.8. The zero-order chi connectivity index (χ0) is 15.8. The van der Waals surface area contributed by atoms with Crippen molar-refractivity contribution in [1.29, 1.82) is 0 Å². The molecule has 1 saturated heterocycles. The highest BCUT2D eigenvalue weighted by atomic mass is 35.5. The molecule has 0 bridgehead atoms. The molecule has 1 aliphatic rings. The fourth-order valence-electron chi connectivity index (χ4n) is 2.70. The van der Waals surface area contributed by atoms with E-state index in [1.165, 1.54) is 6.07 Å². The van der Waals surface area contributed by atoms with Crippen molar-refractivity contribution >= 4 is 23.3 Å². The summed E-state index contributed by atoms with van der Waals surface area (Å²) in [4.78, 5) is 15.4. The summed E-state index contributed by atoms with van der Waals surface area (Å²) in [6.07, 6.45) is 0. The summed E-state index contributed by atoms with van der Waals surface area (Å²) >= 11 is 5.72. The first-order valence-corrected chi connectivity index (χ1v) is 7.34. The third kappa shape index (κ3) is 3.40. The second kappa shape index (κ2) is 5.72. The summed E-state index contributed by atoms with van der Waals surface area (Å²) in [5.41, 5.74) is 6.13. The maximum absolute atomic E-state index is 13.6. The molecule has 0 spiro atoms. The van der Waals surface area contributed by atoms with Crippen LogP contribution in [0.3, 0.4) is 0 Å². The Balaban J connectivity index is 2.25. The summed E-state index contributed by atoms with van der Waals surface area (Å²) in [6.45, 7) is 7.98. The minimum Gasteiger partial charge on any atom is -0.368 e. The molecule has 2 amide bonds. The van der Waals surface area contributed by atoms with Gasteiger partial charge in [-0.05, 0) is 23.6 Å². The average molecular weight is 314 g/mol. The van der Waals surface area contributed by atoms with E-state index in [0.717, 1.165) is 5.69 Å². The second-order valence-electron chi connectivity index (χ2n) is 6.46. The number of benzene rings is 1. The summed E-state index contributed by atoms with van der Waals surface area (Å²) < 4.78 is 13.6. The molecule has 4 nitrogen and oxygen atoms in total. The van der Waals surface area contributed by atoms with Crippen molar-refractivity contribution in [3.8, 4) is 0 Å². The molecule has 0 aromatic heterocycles. The maximum Gasteiger partial charge on any atom is 0.315 e. The monoisotopic (exact) mass is 313 g/mol. The molecule has 1 atom stereocenters. The maximum atomic E-state index is 13.6. The number of hydrogen-bond donors (Lipinski definition) is 1. The summed E-state index contributed by atoms with van der Waals surface area (Å²) in [6, 6.07) is 4.35. The van der Waals surface area contributed by atoms with E-state index >= 15 is 0 Å². The number of carbonyl (C=O) groups excluding carboxylic acids is 1. The molecule has 2 rings (SSSR count). The van der Waals surface area contributed by atoms with Gasteiger partial charge in [0.05, 0.1) is 11.1 Å². The molecule has 0 saturated carbocycles. The third-order valence-corrected chi connectivity index (χ3v) is 4.24. The van der Waals surface area contributed by atoms with Gasteiger partial charge in [0.1, 0.15) is 5.82 Å². The Bertz CT molecular complexity index is 544. The van der Waals surface area contributed by atoms with Gasteiger partial charge in [0.15, 0.2) is 0 Å². The van der Waals surface area contributed by atoms with Crippen molar-refractivity contribution in [3.05, 3.63) is 29.0 Å². The van der Waals surface area contributed by atoms with Crippen LogP contribution in [0, 0.1) is 11.2 Å². The topological polar surface area (TPSA) is 49.6 Å². The predicted molar refractivity (Wildman–Crippen MR) is 83.2 cm³/mol. The summed E-state index contributed by atoms with van der Waals surface area (Å²) in [5.74, 6) is -0.432. The number of nitrogens with zero attached hydrogens (tertiary/aromatic N) is 2. The van der Waals surface area contributed by atoms with E-state index in [2.05, 4.69) is 25.7 Å². The van der Waals surface area contributed by atoms with Gasteiger partial charge >= 0.3 is 6.03 Å². The van der Waals surface area contributed by atoms with Gasteiger partial charge in [-0.3, -0.25) is 0 Å². The van der Waals surface area contributed by atoms with Crippen LogP contribution in [0.15, 0.2) is 18.2 Å². The number of halogens is 2. The summed E-state index contributed by atoms with van der Waals surface area (Å²) in [5, 5.41) is 0.113. The van der Waals surface area contributed by atoms with Crippen molar-refractivity contribution in [1.82, 2.24) is 4.90 Å². The number of primary amides is 1. The molecular weight excluding hydrogens is 293 g/mol. The minimum absolute atomic E-state index is 0.0255. The number of anilines is 1. The van der Waals surface area contributed by atoms with Crippen LogP contribution < -0.4 is 10.6 Å². The Labute approximate surface area is 129 Å². The van der Waals surface area contributed by atoms with E-state index in [9.17, 15) is 9.18 Å². The van der Waals surface area contributed by atoms with Crippen molar-refractivity contribution in [2.45, 2.75) is 26.8 Å². The molecule has 1 aromatic carbocycles. The lowest BCUT2D eigenvalue weighted by molar-refractivity contribution is 0.112. The first-order valence-electron chi connectivity index (χ1n) is 6.96. The Kier molecular flexibility index (Phi) is 4.33. The van der Waals surface area contributed by atoms with E-state index in [1.807, 2.05) is 0 Å². The van der Waals surface area contributed by atoms with E-state index in [4.69, 9.17) is 17.3 Å². The van der Waals surface area contributed by atoms with Crippen LogP contribution in [-0.2, 0) is 0 Å². The number of piperazine rings is 1. The van der Waals surface area contributed by atoms with Gasteiger partial charge < -0.3 is 15.5 Å². The highest BCUT2D eigenvalue weighted by molar-refractivity contribution is 6.30. The molecule has 1 heterocycles. The van der Waals surface area contributed by atoms with Crippen molar-refractivity contribution in [2.24, 2.45) is 11.1 Å². The number of hydrogen-bond acceptors (Lipinski definition) is 2. The molecule has 6 heteroatoms. The lowest BCUT2D eigenvalue weighted by atomic mass is 9.84. The first kappa shape index (κ1) is 15.9. The highest BCUT2D eigenvalue weighted by Crippen LogP contribution is 2.30. The lowest BCUT2D eigenvalue weighted by Gasteiger charge is -2.47. The van der Waals surface area contributed by atoms with Crippen LogP contribution in [0.25, 0.3) is 0 Å². The van der Waals surface area contributed by atoms with Crippen LogP contribution in [0.4, 0.5) is 14.9 Å². The standard InChI is InChI=1S/C15H21ClFN3O/c1-15(2,3)13-9-19(6-7-20(13)14(18)21)10-4-5-11(16)12(17)8-10/h4-5,8,13H,6-7,9H2,1-3H3,(H2,18,21). The van der Waals surface area contributed by atoms with Crippen molar-refractivity contribution < 1.29 is 9.18 Å². The van der Waals surface area contributed by atoms with Gasteiger partial charge in [0, 0.05) is 25.3 Å². The zero-order valence-corrected chi connectivity index (χ0v) is 13.3. The number of amides is 2. The Morgan fingerprint density at radius 2 is 2.05 bits per heavy atom. The van der Waals surface area contributed by atoms with Gasteiger partial charge in [-0.25, -0.2) is 9.18 Å². The van der Waals surface area contributed by atoms with Gasteiger partial charge in [-0.1, -0.05) is 32.4 Å². The van der Waals surface area contributed by atoms with Gasteiger partial charge in [-0.15, -0.1) is 0 Å². The minimum atomic E-state index is -0.432.